The molecule has 0 saturated heterocycles. The van der Waals surface area contributed by atoms with Gasteiger partial charge in [-0.2, -0.15) is 13.2 Å². The summed E-state index contributed by atoms with van der Waals surface area (Å²) in [5.41, 5.74) is -1.19. The van der Waals surface area contributed by atoms with Crippen LogP contribution >= 0.6 is 0 Å². The molecule has 1 aromatic heterocycles. The van der Waals surface area contributed by atoms with Crippen molar-refractivity contribution in [3.63, 3.8) is 0 Å². The topological polar surface area (TPSA) is 12.9 Å². The van der Waals surface area contributed by atoms with E-state index in [0.29, 0.717) is 6.20 Å². The Bertz CT molecular complexity index is 357. The van der Waals surface area contributed by atoms with Crippen molar-refractivity contribution in [3.8, 4) is 0 Å². The molecule has 0 unspecified atom stereocenters. The fourth-order valence-corrected chi connectivity index (χ4v) is 1.41. The highest BCUT2D eigenvalue weighted by molar-refractivity contribution is 5.31. The van der Waals surface area contributed by atoms with Crippen molar-refractivity contribution >= 4 is 0 Å². The van der Waals surface area contributed by atoms with Crippen LogP contribution in [0.2, 0.25) is 0 Å². The second kappa shape index (κ2) is 4.16. The molecule has 0 aliphatic carbocycles. The maximum Gasteiger partial charge on any atom is 0.418 e. The Labute approximate surface area is 85.1 Å². The second-order valence-corrected chi connectivity index (χ2v) is 3.12. The zero-order valence-electron chi connectivity index (χ0n) is 8.45. The third kappa shape index (κ3) is 2.27. The molecular weight excluding hydrogens is 210 g/mol. The van der Waals surface area contributed by atoms with Gasteiger partial charge in [-0.3, -0.25) is 4.98 Å². The summed E-state index contributed by atoms with van der Waals surface area (Å²) in [7, 11) is 0. The monoisotopic (exact) mass is 221 g/mol. The zero-order chi connectivity index (χ0) is 11.6. The van der Waals surface area contributed by atoms with Crippen molar-refractivity contribution in [1.82, 2.24) is 4.98 Å². The molecule has 15 heavy (non-hydrogen) atoms. The van der Waals surface area contributed by atoms with Crippen LogP contribution in [-0.2, 0) is 19.0 Å². The van der Waals surface area contributed by atoms with Crippen LogP contribution in [0.15, 0.2) is 6.20 Å². The highest BCUT2D eigenvalue weighted by atomic mass is 19.4. The van der Waals surface area contributed by atoms with Crippen LogP contribution in [-0.4, -0.2) is 4.98 Å². The van der Waals surface area contributed by atoms with Crippen LogP contribution in [0.25, 0.3) is 0 Å². The van der Waals surface area contributed by atoms with Gasteiger partial charge in [0.1, 0.15) is 5.82 Å². The molecule has 0 spiro atoms. The zero-order valence-corrected chi connectivity index (χ0v) is 8.45. The third-order valence-corrected chi connectivity index (χ3v) is 2.19. The van der Waals surface area contributed by atoms with Crippen LogP contribution in [0, 0.1) is 5.82 Å². The van der Waals surface area contributed by atoms with Crippen molar-refractivity contribution < 1.29 is 17.6 Å². The quantitative estimate of drug-likeness (QED) is 0.698. The van der Waals surface area contributed by atoms with E-state index >= 15 is 0 Å². The fraction of sp³-hybridized carbons (Fsp3) is 0.500. The van der Waals surface area contributed by atoms with E-state index in [1.54, 1.807) is 6.92 Å². The van der Waals surface area contributed by atoms with Gasteiger partial charge in [-0.05, 0) is 12.8 Å². The molecule has 0 bridgehead atoms. The molecule has 0 radical (unpaired) electrons. The first-order valence-corrected chi connectivity index (χ1v) is 4.65. The fourth-order valence-electron chi connectivity index (χ4n) is 1.41. The summed E-state index contributed by atoms with van der Waals surface area (Å²) in [6.07, 6.45) is -3.53. The normalized spacial score (nSPS) is 11.9. The van der Waals surface area contributed by atoms with Gasteiger partial charge >= 0.3 is 6.18 Å². The minimum Gasteiger partial charge on any atom is -0.258 e. The molecule has 84 valence electrons. The Kier molecular flexibility index (Phi) is 3.31. The second-order valence-electron chi connectivity index (χ2n) is 3.12. The predicted octanol–water partition coefficient (Wildman–Crippen LogP) is 3.36. The van der Waals surface area contributed by atoms with Gasteiger partial charge in [0.05, 0.1) is 11.3 Å². The molecule has 1 heterocycles. The van der Waals surface area contributed by atoms with E-state index in [1.165, 1.54) is 6.92 Å². The molecular formula is C10H11F4N. The van der Waals surface area contributed by atoms with Crippen molar-refractivity contribution in [2.24, 2.45) is 0 Å². The molecule has 1 nitrogen and oxygen atoms in total. The molecule has 0 N–H and O–H groups in total. The summed E-state index contributed by atoms with van der Waals surface area (Å²) >= 11 is 0. The molecule has 0 fully saturated rings. The highest BCUT2D eigenvalue weighted by Crippen LogP contribution is 2.33. The first-order valence-electron chi connectivity index (χ1n) is 4.65. The molecule has 0 saturated carbocycles. The van der Waals surface area contributed by atoms with Crippen molar-refractivity contribution in [3.05, 3.63) is 28.8 Å². The molecule has 0 atom stereocenters. The van der Waals surface area contributed by atoms with Crippen LogP contribution < -0.4 is 0 Å². The number of aryl methyl sites for hydroxylation is 1. The number of aromatic nitrogens is 1. The lowest BCUT2D eigenvalue weighted by Crippen LogP contribution is -2.13. The molecule has 0 aliphatic heterocycles. The maximum absolute atomic E-state index is 13.5. The van der Waals surface area contributed by atoms with E-state index in [1.807, 2.05) is 0 Å². The van der Waals surface area contributed by atoms with Gasteiger partial charge in [-0.1, -0.05) is 13.8 Å². The first-order chi connectivity index (χ1) is 6.91. The number of halogens is 4. The van der Waals surface area contributed by atoms with Gasteiger partial charge in [0.2, 0.25) is 0 Å². The van der Waals surface area contributed by atoms with Gasteiger partial charge in [-0.25, -0.2) is 4.39 Å². The van der Waals surface area contributed by atoms with E-state index in [4.69, 9.17) is 0 Å². The summed E-state index contributed by atoms with van der Waals surface area (Å²) < 4.78 is 50.8. The van der Waals surface area contributed by atoms with Gasteiger partial charge in [0, 0.05) is 11.8 Å². The summed E-state index contributed by atoms with van der Waals surface area (Å²) in [4.78, 5) is 3.48. The van der Waals surface area contributed by atoms with Crippen LogP contribution in [0.3, 0.4) is 0 Å². The van der Waals surface area contributed by atoms with E-state index in [-0.39, 0.29) is 24.1 Å². The lowest BCUT2D eigenvalue weighted by molar-refractivity contribution is -0.138. The Morgan fingerprint density at radius 1 is 1.20 bits per heavy atom. The van der Waals surface area contributed by atoms with E-state index in [2.05, 4.69) is 4.98 Å². The van der Waals surface area contributed by atoms with E-state index in [0.717, 1.165) is 0 Å². The SMILES string of the molecule is CCc1ncc(C(F)(F)F)c(CC)c1F. The highest BCUT2D eigenvalue weighted by Gasteiger charge is 2.35. The minimum atomic E-state index is -4.54. The molecule has 0 aromatic carbocycles. The molecule has 1 aromatic rings. The standard InChI is InChI=1S/C10H11F4N/c1-3-6-7(10(12,13)14)5-15-8(4-2)9(6)11/h5H,3-4H2,1-2H3. The average Bonchev–Trinajstić information content (AvgIpc) is 2.15. The number of pyridine rings is 1. The summed E-state index contributed by atoms with van der Waals surface area (Å²) in [5, 5.41) is 0. The molecule has 0 amide bonds. The van der Waals surface area contributed by atoms with Gasteiger partial charge < -0.3 is 0 Å². The van der Waals surface area contributed by atoms with Gasteiger partial charge in [0.15, 0.2) is 0 Å². The molecule has 0 aliphatic rings. The van der Waals surface area contributed by atoms with Crippen molar-refractivity contribution in [1.29, 1.82) is 0 Å². The molecule has 5 heteroatoms. The number of nitrogens with zero attached hydrogens (tertiary/aromatic N) is 1. The van der Waals surface area contributed by atoms with Crippen LogP contribution in [0.4, 0.5) is 17.6 Å². The Morgan fingerprint density at radius 3 is 2.20 bits per heavy atom. The first kappa shape index (κ1) is 11.9. The summed E-state index contributed by atoms with van der Waals surface area (Å²) in [6.45, 7) is 3.14. The third-order valence-electron chi connectivity index (χ3n) is 2.19. The van der Waals surface area contributed by atoms with Crippen LogP contribution in [0.1, 0.15) is 30.7 Å². The van der Waals surface area contributed by atoms with Crippen molar-refractivity contribution in [2.75, 3.05) is 0 Å². The lowest BCUT2D eigenvalue weighted by Gasteiger charge is -2.13. The van der Waals surface area contributed by atoms with Crippen LogP contribution in [0.5, 0.6) is 0 Å². The van der Waals surface area contributed by atoms with Gasteiger partial charge in [-0.15, -0.1) is 0 Å². The number of hydrogen-bond donors (Lipinski definition) is 0. The summed E-state index contributed by atoms with van der Waals surface area (Å²) in [6, 6.07) is 0. The number of hydrogen-bond acceptors (Lipinski definition) is 1. The summed E-state index contributed by atoms with van der Waals surface area (Å²) in [5.74, 6) is -0.824. The molecule has 1 rings (SSSR count). The van der Waals surface area contributed by atoms with E-state index in [9.17, 15) is 17.6 Å². The largest absolute Gasteiger partial charge is 0.418 e. The number of alkyl halides is 3. The minimum absolute atomic E-state index is 0.0101. The Hall–Kier alpha value is -1.13. The maximum atomic E-state index is 13.5. The smallest absolute Gasteiger partial charge is 0.258 e. The van der Waals surface area contributed by atoms with Gasteiger partial charge in [0.25, 0.3) is 0 Å². The number of rotatable bonds is 2. The Balaban J connectivity index is 3.38. The lowest BCUT2D eigenvalue weighted by atomic mass is 10.0. The van der Waals surface area contributed by atoms with E-state index < -0.39 is 17.6 Å². The predicted molar refractivity (Wildman–Crippen MR) is 48.0 cm³/mol. The Morgan fingerprint density at radius 2 is 1.80 bits per heavy atom. The average molecular weight is 221 g/mol. The van der Waals surface area contributed by atoms with Crippen molar-refractivity contribution in [2.45, 2.75) is 32.9 Å².